The minimum Gasteiger partial charge on any atom is -0.466 e. The molecule has 6 nitrogen and oxygen atoms in total. The van der Waals surface area contributed by atoms with E-state index in [9.17, 15) is 9.59 Å². The Balaban J connectivity index is 1.50. The fourth-order valence-corrected chi connectivity index (χ4v) is 4.12. The van der Waals surface area contributed by atoms with Crippen molar-refractivity contribution >= 4 is 34.9 Å². The van der Waals surface area contributed by atoms with Gasteiger partial charge in [0.05, 0.1) is 18.7 Å². The Labute approximate surface area is 204 Å². The van der Waals surface area contributed by atoms with E-state index in [1.165, 1.54) is 7.11 Å². The SMILES string of the molecule is COC(=O)C1=C(C)N(C)C(=S)N[C@@H]1c1ccc(NC(=O)c2ccc(-c3ccccc3)cc2)cc1. The van der Waals surface area contributed by atoms with E-state index in [0.717, 1.165) is 22.4 Å². The van der Waals surface area contributed by atoms with E-state index < -0.39 is 12.0 Å². The first kappa shape index (κ1) is 23.2. The molecule has 1 aliphatic rings. The molecule has 0 saturated heterocycles. The van der Waals surface area contributed by atoms with Gasteiger partial charge in [0.15, 0.2) is 5.11 Å². The van der Waals surface area contributed by atoms with Crippen molar-refractivity contribution in [2.24, 2.45) is 0 Å². The number of carbonyl (C=O) groups excluding carboxylic acids is 2. The zero-order valence-corrected chi connectivity index (χ0v) is 20.0. The largest absolute Gasteiger partial charge is 0.466 e. The van der Waals surface area contributed by atoms with E-state index >= 15 is 0 Å². The van der Waals surface area contributed by atoms with Crippen molar-refractivity contribution in [1.29, 1.82) is 0 Å². The van der Waals surface area contributed by atoms with Gasteiger partial charge in [0.1, 0.15) is 0 Å². The molecule has 4 rings (SSSR count). The summed E-state index contributed by atoms with van der Waals surface area (Å²) in [6.45, 7) is 1.84. The number of rotatable bonds is 5. The molecular weight excluding hydrogens is 446 g/mol. The smallest absolute Gasteiger partial charge is 0.337 e. The number of carbonyl (C=O) groups is 2. The Morgan fingerprint density at radius 3 is 2.18 bits per heavy atom. The van der Waals surface area contributed by atoms with Crippen LogP contribution in [0.3, 0.4) is 0 Å². The van der Waals surface area contributed by atoms with Crippen LogP contribution in [0.25, 0.3) is 11.1 Å². The monoisotopic (exact) mass is 471 g/mol. The van der Waals surface area contributed by atoms with Gasteiger partial charge in [-0.15, -0.1) is 0 Å². The number of anilines is 1. The quantitative estimate of drug-likeness (QED) is 0.407. The van der Waals surface area contributed by atoms with Crippen molar-refractivity contribution in [2.45, 2.75) is 13.0 Å². The lowest BCUT2D eigenvalue weighted by Crippen LogP contribution is -2.46. The van der Waals surface area contributed by atoms with Crippen LogP contribution in [0.2, 0.25) is 0 Å². The predicted octanol–water partition coefficient (Wildman–Crippen LogP) is 4.91. The molecule has 0 unspecified atom stereocenters. The van der Waals surface area contributed by atoms with Crippen molar-refractivity contribution in [2.75, 3.05) is 19.5 Å². The Morgan fingerprint density at radius 2 is 1.56 bits per heavy atom. The first-order chi connectivity index (χ1) is 16.4. The number of nitrogens with one attached hydrogen (secondary N) is 2. The van der Waals surface area contributed by atoms with Gasteiger partial charge in [0.2, 0.25) is 0 Å². The number of hydrogen-bond acceptors (Lipinski definition) is 4. The van der Waals surface area contributed by atoms with Gasteiger partial charge in [-0.25, -0.2) is 4.79 Å². The molecule has 0 spiro atoms. The number of esters is 1. The van der Waals surface area contributed by atoms with E-state index in [2.05, 4.69) is 10.6 Å². The molecule has 1 heterocycles. The van der Waals surface area contributed by atoms with Crippen LogP contribution in [0.5, 0.6) is 0 Å². The molecule has 0 fully saturated rings. The second-order valence-electron chi connectivity index (χ2n) is 7.95. The summed E-state index contributed by atoms with van der Waals surface area (Å²) in [6.07, 6.45) is 0. The van der Waals surface area contributed by atoms with E-state index in [1.807, 2.05) is 73.7 Å². The van der Waals surface area contributed by atoms with Crippen LogP contribution in [0, 0.1) is 0 Å². The van der Waals surface area contributed by atoms with Gasteiger partial charge in [-0.3, -0.25) is 4.79 Å². The number of ether oxygens (including phenoxy) is 1. The van der Waals surface area contributed by atoms with E-state index in [1.54, 1.807) is 24.1 Å². The van der Waals surface area contributed by atoms with Gasteiger partial charge in [-0.2, -0.15) is 0 Å². The van der Waals surface area contributed by atoms with Crippen molar-refractivity contribution in [3.8, 4) is 11.1 Å². The molecule has 1 amide bonds. The highest BCUT2D eigenvalue weighted by Gasteiger charge is 2.33. The first-order valence-corrected chi connectivity index (χ1v) is 11.2. The van der Waals surface area contributed by atoms with Crippen LogP contribution in [0.4, 0.5) is 5.69 Å². The number of allylic oxidation sites excluding steroid dienone is 1. The Hall–Kier alpha value is -3.97. The molecule has 0 radical (unpaired) electrons. The first-order valence-electron chi connectivity index (χ1n) is 10.8. The molecule has 0 aliphatic carbocycles. The third-order valence-electron chi connectivity index (χ3n) is 5.92. The summed E-state index contributed by atoms with van der Waals surface area (Å²) in [5, 5.41) is 6.63. The lowest BCUT2D eigenvalue weighted by Gasteiger charge is -2.35. The fraction of sp³-hybridized carbons (Fsp3) is 0.148. The number of benzene rings is 3. The average molecular weight is 472 g/mol. The van der Waals surface area contributed by atoms with E-state index in [-0.39, 0.29) is 5.91 Å². The molecule has 0 aromatic heterocycles. The summed E-state index contributed by atoms with van der Waals surface area (Å²) >= 11 is 5.41. The second-order valence-corrected chi connectivity index (χ2v) is 8.34. The van der Waals surface area contributed by atoms with Gasteiger partial charge in [0, 0.05) is 24.0 Å². The van der Waals surface area contributed by atoms with Crippen LogP contribution >= 0.6 is 12.2 Å². The molecule has 7 heteroatoms. The van der Waals surface area contributed by atoms with Crippen molar-refractivity contribution in [1.82, 2.24) is 10.2 Å². The number of amides is 1. The van der Waals surface area contributed by atoms with Gasteiger partial charge in [-0.1, -0.05) is 54.6 Å². The Bertz CT molecular complexity index is 1250. The highest BCUT2D eigenvalue weighted by Crippen LogP contribution is 2.31. The van der Waals surface area contributed by atoms with Gasteiger partial charge >= 0.3 is 5.97 Å². The molecule has 3 aromatic carbocycles. The minimum atomic E-state index is -0.438. The van der Waals surface area contributed by atoms with Gasteiger partial charge < -0.3 is 20.3 Å². The van der Waals surface area contributed by atoms with Crippen LogP contribution in [0.1, 0.15) is 28.9 Å². The van der Waals surface area contributed by atoms with Crippen molar-refractivity contribution in [3.63, 3.8) is 0 Å². The van der Waals surface area contributed by atoms with Gasteiger partial charge in [0.25, 0.3) is 5.91 Å². The molecule has 34 heavy (non-hydrogen) atoms. The average Bonchev–Trinajstić information content (AvgIpc) is 2.87. The van der Waals surface area contributed by atoms with Gasteiger partial charge in [-0.05, 0) is 60.1 Å². The molecular formula is C27H25N3O3S. The zero-order chi connectivity index (χ0) is 24.2. The standard InChI is InChI=1S/C27H25N3O3S/c1-17-23(26(32)33-3)24(29-27(34)30(17)2)20-13-15-22(16-14-20)28-25(31)21-11-9-19(10-12-21)18-7-5-4-6-8-18/h4-16,24H,1-3H3,(H,28,31)(H,29,34)/t24-/m1/s1. The summed E-state index contributed by atoms with van der Waals surface area (Å²) < 4.78 is 4.99. The topological polar surface area (TPSA) is 70.7 Å². The highest BCUT2D eigenvalue weighted by molar-refractivity contribution is 7.80. The second kappa shape index (κ2) is 9.89. The molecule has 1 aliphatic heterocycles. The summed E-state index contributed by atoms with van der Waals surface area (Å²) in [4.78, 5) is 26.9. The third-order valence-corrected chi connectivity index (χ3v) is 6.31. The Morgan fingerprint density at radius 1 is 0.941 bits per heavy atom. The zero-order valence-electron chi connectivity index (χ0n) is 19.2. The summed E-state index contributed by atoms with van der Waals surface area (Å²) in [7, 11) is 3.16. The molecule has 1 atom stereocenters. The molecule has 0 saturated carbocycles. The normalized spacial score (nSPS) is 15.6. The van der Waals surface area contributed by atoms with E-state index in [4.69, 9.17) is 17.0 Å². The third kappa shape index (κ3) is 4.70. The van der Waals surface area contributed by atoms with Crippen molar-refractivity contribution < 1.29 is 14.3 Å². The summed E-state index contributed by atoms with van der Waals surface area (Å²) in [5.74, 6) is -0.613. The highest BCUT2D eigenvalue weighted by atomic mass is 32.1. The lowest BCUT2D eigenvalue weighted by atomic mass is 9.95. The van der Waals surface area contributed by atoms with Crippen LogP contribution in [-0.2, 0) is 9.53 Å². The van der Waals surface area contributed by atoms with E-state index in [0.29, 0.717) is 21.9 Å². The maximum absolute atomic E-state index is 12.7. The number of methoxy groups -OCH3 is 1. The molecule has 172 valence electrons. The maximum atomic E-state index is 12.7. The predicted molar refractivity (Wildman–Crippen MR) is 137 cm³/mol. The minimum absolute atomic E-state index is 0.197. The van der Waals surface area contributed by atoms with Crippen LogP contribution in [0.15, 0.2) is 90.1 Å². The number of hydrogen-bond donors (Lipinski definition) is 2. The van der Waals surface area contributed by atoms with Crippen LogP contribution in [-0.4, -0.2) is 36.0 Å². The number of nitrogens with zero attached hydrogens (tertiary/aromatic N) is 1. The lowest BCUT2D eigenvalue weighted by molar-refractivity contribution is -0.136. The molecule has 3 aromatic rings. The molecule has 0 bridgehead atoms. The van der Waals surface area contributed by atoms with Crippen molar-refractivity contribution in [3.05, 3.63) is 101 Å². The maximum Gasteiger partial charge on any atom is 0.337 e. The Kier molecular flexibility index (Phi) is 6.75. The van der Waals surface area contributed by atoms with Crippen LogP contribution < -0.4 is 10.6 Å². The summed E-state index contributed by atoms with van der Waals surface area (Å²) in [5.41, 5.74) is 5.43. The number of thiocarbonyl (C=S) groups is 1. The summed E-state index contributed by atoms with van der Waals surface area (Å²) in [6, 6.07) is 24.4. The molecule has 2 N–H and O–H groups in total. The fourth-order valence-electron chi connectivity index (χ4n) is 3.87.